The van der Waals surface area contributed by atoms with Crippen LogP contribution in [0, 0.1) is 5.41 Å². The Morgan fingerprint density at radius 3 is 2.87 bits per heavy atom. The van der Waals surface area contributed by atoms with E-state index in [0.29, 0.717) is 19.8 Å². The third-order valence-corrected chi connectivity index (χ3v) is 5.15. The van der Waals surface area contributed by atoms with Crippen LogP contribution in [0.15, 0.2) is 53.7 Å². The zero-order valence-electron chi connectivity index (χ0n) is 17.3. The van der Waals surface area contributed by atoms with E-state index in [9.17, 15) is 5.11 Å². The molecule has 30 heavy (non-hydrogen) atoms. The maximum Gasteiger partial charge on any atom is 0.191 e. The number of nitrogens with zero attached hydrogens (tertiary/aromatic N) is 2. The maximum absolute atomic E-state index is 9.36. The van der Waals surface area contributed by atoms with Crippen LogP contribution >= 0.6 is 24.0 Å². The first-order valence-corrected chi connectivity index (χ1v) is 9.98. The Bertz CT molecular complexity index is 783. The first-order valence-electron chi connectivity index (χ1n) is 9.98. The topological polar surface area (TPSA) is 88.0 Å². The molecule has 2 aromatic rings. The number of aliphatic imine (C=N–C) groups is 1. The first-order chi connectivity index (χ1) is 14.2. The van der Waals surface area contributed by atoms with Crippen LogP contribution < -0.4 is 15.4 Å². The predicted octanol–water partition coefficient (Wildman–Crippen LogP) is 2.73. The van der Waals surface area contributed by atoms with Crippen LogP contribution in [0.4, 0.5) is 0 Å². The molecule has 0 radical (unpaired) electrons. The largest absolute Gasteiger partial charge is 0.487 e. The predicted molar refractivity (Wildman–Crippen MR) is 128 cm³/mol. The quantitative estimate of drug-likeness (QED) is 0.265. The molecule has 1 aromatic heterocycles. The molecule has 3 rings (SSSR count). The van der Waals surface area contributed by atoms with Crippen molar-refractivity contribution in [3.8, 4) is 5.75 Å². The SMILES string of the molecule is CN=C(NCc1cccc(OCc2ccccn2)c1)NCC1(CCO)CCOC1.I. The lowest BCUT2D eigenvalue weighted by molar-refractivity contribution is 0.127. The summed E-state index contributed by atoms with van der Waals surface area (Å²) in [7, 11) is 1.76. The fourth-order valence-corrected chi connectivity index (χ4v) is 3.38. The fourth-order valence-electron chi connectivity index (χ4n) is 3.38. The van der Waals surface area contributed by atoms with Gasteiger partial charge in [-0.05, 0) is 42.7 Å². The van der Waals surface area contributed by atoms with E-state index >= 15 is 0 Å². The fraction of sp³-hybridized carbons (Fsp3) is 0.455. The summed E-state index contributed by atoms with van der Waals surface area (Å²) < 4.78 is 11.4. The van der Waals surface area contributed by atoms with E-state index in [0.717, 1.165) is 49.0 Å². The number of aliphatic hydroxyl groups is 1. The van der Waals surface area contributed by atoms with Crippen LogP contribution in [0.3, 0.4) is 0 Å². The van der Waals surface area contributed by atoms with E-state index < -0.39 is 0 Å². The first kappa shape index (κ1) is 24.4. The number of hydrogen-bond acceptors (Lipinski definition) is 5. The van der Waals surface area contributed by atoms with Crippen LogP contribution in [0.1, 0.15) is 24.1 Å². The summed E-state index contributed by atoms with van der Waals surface area (Å²) in [6.45, 7) is 3.38. The van der Waals surface area contributed by atoms with Crippen LogP contribution in [-0.2, 0) is 17.9 Å². The summed E-state index contributed by atoms with van der Waals surface area (Å²) in [6.07, 6.45) is 3.44. The van der Waals surface area contributed by atoms with E-state index in [-0.39, 0.29) is 36.0 Å². The molecular formula is C22H31IN4O3. The molecule has 0 bridgehead atoms. The third-order valence-electron chi connectivity index (χ3n) is 5.15. The second-order valence-corrected chi connectivity index (χ2v) is 7.31. The highest BCUT2D eigenvalue weighted by molar-refractivity contribution is 14.0. The van der Waals surface area contributed by atoms with Gasteiger partial charge in [0, 0.05) is 45.0 Å². The standard InChI is InChI=1S/C22H30N4O3.HI/c1-23-21(26-16-22(8-11-27)9-12-28-17-22)25-14-18-5-4-7-20(13-18)29-15-19-6-2-3-10-24-19;/h2-7,10,13,27H,8-9,11-12,14-17H2,1H3,(H2,23,25,26);1H. The lowest BCUT2D eigenvalue weighted by Gasteiger charge is -2.27. The Morgan fingerprint density at radius 1 is 1.27 bits per heavy atom. The molecule has 8 heteroatoms. The average molecular weight is 526 g/mol. The summed E-state index contributed by atoms with van der Waals surface area (Å²) in [4.78, 5) is 8.58. The summed E-state index contributed by atoms with van der Waals surface area (Å²) in [5.41, 5.74) is 1.97. The second-order valence-electron chi connectivity index (χ2n) is 7.31. The maximum atomic E-state index is 9.36. The van der Waals surface area contributed by atoms with Gasteiger partial charge in [0.25, 0.3) is 0 Å². The van der Waals surface area contributed by atoms with Gasteiger partial charge in [-0.15, -0.1) is 24.0 Å². The molecule has 1 fully saturated rings. The van der Waals surface area contributed by atoms with Gasteiger partial charge in [-0.2, -0.15) is 0 Å². The van der Waals surface area contributed by atoms with Gasteiger partial charge in [-0.3, -0.25) is 9.98 Å². The molecule has 1 unspecified atom stereocenters. The van der Waals surface area contributed by atoms with Crippen LogP contribution in [0.2, 0.25) is 0 Å². The average Bonchev–Trinajstić information content (AvgIpc) is 3.22. The highest BCUT2D eigenvalue weighted by Crippen LogP contribution is 2.31. The highest BCUT2D eigenvalue weighted by Gasteiger charge is 2.34. The van der Waals surface area contributed by atoms with E-state index in [1.807, 2.05) is 42.5 Å². The van der Waals surface area contributed by atoms with Gasteiger partial charge in [0.15, 0.2) is 5.96 Å². The van der Waals surface area contributed by atoms with Crippen molar-refractivity contribution in [2.24, 2.45) is 10.4 Å². The minimum absolute atomic E-state index is 0. The van der Waals surface area contributed by atoms with Crippen molar-refractivity contribution in [1.82, 2.24) is 15.6 Å². The molecule has 1 atom stereocenters. The number of benzene rings is 1. The van der Waals surface area contributed by atoms with Crippen molar-refractivity contribution >= 4 is 29.9 Å². The van der Waals surface area contributed by atoms with Crippen molar-refractivity contribution in [2.45, 2.75) is 26.0 Å². The molecule has 7 nitrogen and oxygen atoms in total. The molecule has 0 saturated carbocycles. The molecule has 1 saturated heterocycles. The number of pyridine rings is 1. The Balaban J connectivity index is 0.00000320. The lowest BCUT2D eigenvalue weighted by atomic mass is 9.84. The van der Waals surface area contributed by atoms with Crippen LogP contribution in [0.25, 0.3) is 0 Å². The molecule has 1 aromatic carbocycles. The van der Waals surface area contributed by atoms with Crippen LogP contribution in [-0.4, -0.2) is 49.5 Å². The van der Waals surface area contributed by atoms with Crippen molar-refractivity contribution in [3.05, 3.63) is 59.9 Å². The smallest absolute Gasteiger partial charge is 0.191 e. The number of nitrogens with one attached hydrogen (secondary N) is 2. The van der Waals surface area contributed by atoms with Gasteiger partial charge in [0.2, 0.25) is 0 Å². The summed E-state index contributed by atoms with van der Waals surface area (Å²) in [5.74, 6) is 1.54. The zero-order valence-corrected chi connectivity index (χ0v) is 19.7. The van der Waals surface area contributed by atoms with Gasteiger partial charge in [-0.1, -0.05) is 18.2 Å². The van der Waals surface area contributed by atoms with E-state index in [1.165, 1.54) is 0 Å². The van der Waals surface area contributed by atoms with Crippen molar-refractivity contribution in [2.75, 3.05) is 33.4 Å². The number of hydrogen-bond donors (Lipinski definition) is 3. The Labute approximate surface area is 195 Å². The van der Waals surface area contributed by atoms with Crippen molar-refractivity contribution in [3.63, 3.8) is 0 Å². The molecule has 0 spiro atoms. The molecule has 2 heterocycles. The van der Waals surface area contributed by atoms with E-state index in [4.69, 9.17) is 9.47 Å². The summed E-state index contributed by atoms with van der Waals surface area (Å²) in [6, 6.07) is 13.8. The molecule has 164 valence electrons. The number of rotatable bonds is 9. The second kappa shape index (κ2) is 12.7. The summed E-state index contributed by atoms with van der Waals surface area (Å²) in [5, 5.41) is 16.1. The number of halogens is 1. The number of aliphatic hydroxyl groups excluding tert-OH is 1. The van der Waals surface area contributed by atoms with Gasteiger partial charge < -0.3 is 25.2 Å². The van der Waals surface area contributed by atoms with Gasteiger partial charge in [0.1, 0.15) is 12.4 Å². The van der Waals surface area contributed by atoms with Gasteiger partial charge in [0.05, 0.1) is 12.3 Å². The monoisotopic (exact) mass is 526 g/mol. The van der Waals surface area contributed by atoms with E-state index in [2.05, 4.69) is 20.6 Å². The third kappa shape index (κ3) is 7.41. The molecular weight excluding hydrogens is 495 g/mol. The molecule has 0 amide bonds. The van der Waals surface area contributed by atoms with Gasteiger partial charge in [-0.25, -0.2) is 0 Å². The highest BCUT2D eigenvalue weighted by atomic mass is 127. The number of guanidine groups is 1. The normalized spacial score (nSPS) is 18.5. The molecule has 1 aliphatic rings. The molecule has 0 aliphatic carbocycles. The minimum Gasteiger partial charge on any atom is -0.487 e. The molecule has 3 N–H and O–H groups in total. The summed E-state index contributed by atoms with van der Waals surface area (Å²) >= 11 is 0. The number of aromatic nitrogens is 1. The zero-order chi connectivity index (χ0) is 20.4. The Hall–Kier alpha value is -1.91. The van der Waals surface area contributed by atoms with Crippen molar-refractivity contribution in [1.29, 1.82) is 0 Å². The number of ether oxygens (including phenoxy) is 2. The van der Waals surface area contributed by atoms with E-state index in [1.54, 1.807) is 13.2 Å². The minimum atomic E-state index is -0.0222. The van der Waals surface area contributed by atoms with Crippen LogP contribution in [0.5, 0.6) is 5.75 Å². The van der Waals surface area contributed by atoms with Crippen molar-refractivity contribution < 1.29 is 14.6 Å². The molecule has 1 aliphatic heterocycles. The van der Waals surface area contributed by atoms with Gasteiger partial charge >= 0.3 is 0 Å². The Kier molecular flexibility index (Phi) is 10.3. The lowest BCUT2D eigenvalue weighted by Crippen LogP contribution is -2.44. The Morgan fingerprint density at radius 2 is 2.17 bits per heavy atom.